The second-order valence-electron chi connectivity index (χ2n) is 5.15. The minimum atomic E-state index is -0.354. The maximum Gasteiger partial charge on any atom is 0.267 e. The molecule has 0 saturated carbocycles. The Morgan fingerprint density at radius 1 is 1.36 bits per heavy atom. The molecule has 22 heavy (non-hydrogen) atoms. The quantitative estimate of drug-likeness (QED) is 0.884. The molecule has 6 heteroatoms. The first-order valence-corrected chi connectivity index (χ1v) is 8.09. The van der Waals surface area contributed by atoms with Crippen LogP contribution in [-0.4, -0.2) is 9.97 Å². The summed E-state index contributed by atoms with van der Waals surface area (Å²) in [6.45, 7) is 0. The van der Waals surface area contributed by atoms with Gasteiger partial charge >= 0.3 is 0 Å². The average Bonchev–Trinajstić information content (AvgIpc) is 2.54. The Hall–Kier alpha value is -2.13. The molecule has 0 saturated heterocycles. The Bertz CT molecular complexity index is 810. The SMILES string of the molecule is N#Cc1c2c(c(SCc3ncccc3F)[nH]c1=O)CCCC2. The van der Waals surface area contributed by atoms with Crippen LogP contribution in [0.5, 0.6) is 0 Å². The maximum atomic E-state index is 13.6. The lowest BCUT2D eigenvalue weighted by molar-refractivity contribution is 0.608. The Morgan fingerprint density at radius 2 is 2.14 bits per heavy atom. The third-order valence-electron chi connectivity index (χ3n) is 3.80. The van der Waals surface area contributed by atoms with Crippen LogP contribution in [0, 0.1) is 17.1 Å². The first-order valence-electron chi connectivity index (χ1n) is 7.11. The fourth-order valence-corrected chi connectivity index (χ4v) is 3.77. The van der Waals surface area contributed by atoms with Gasteiger partial charge < -0.3 is 4.98 Å². The van der Waals surface area contributed by atoms with E-state index < -0.39 is 0 Å². The lowest BCUT2D eigenvalue weighted by Crippen LogP contribution is -2.20. The van der Waals surface area contributed by atoms with E-state index in [2.05, 4.69) is 9.97 Å². The minimum Gasteiger partial charge on any atom is -0.316 e. The minimum absolute atomic E-state index is 0.225. The highest BCUT2D eigenvalue weighted by Crippen LogP contribution is 2.31. The van der Waals surface area contributed by atoms with Crippen LogP contribution >= 0.6 is 11.8 Å². The summed E-state index contributed by atoms with van der Waals surface area (Å²) in [5.74, 6) is 0.000816. The first kappa shape index (κ1) is 14.8. The molecule has 0 radical (unpaired) electrons. The zero-order valence-corrected chi connectivity index (χ0v) is 12.7. The number of pyridine rings is 2. The molecule has 1 aliphatic rings. The largest absolute Gasteiger partial charge is 0.316 e. The van der Waals surface area contributed by atoms with Crippen molar-refractivity contribution in [1.82, 2.24) is 9.97 Å². The Kier molecular flexibility index (Phi) is 4.25. The molecule has 2 aromatic heterocycles. The van der Waals surface area contributed by atoms with Crippen LogP contribution < -0.4 is 5.56 Å². The standard InChI is InChI=1S/C16H14FN3OS/c17-13-6-3-7-19-14(13)9-22-16-11-5-2-1-4-10(11)12(8-18)15(21)20-16/h3,6-7H,1-2,4-5,9H2,(H,20,21). The number of hydrogen-bond acceptors (Lipinski definition) is 4. The smallest absolute Gasteiger partial charge is 0.267 e. The van der Waals surface area contributed by atoms with Crippen LogP contribution in [0.4, 0.5) is 4.39 Å². The van der Waals surface area contributed by atoms with Gasteiger partial charge in [0.25, 0.3) is 5.56 Å². The van der Waals surface area contributed by atoms with Gasteiger partial charge in [0.15, 0.2) is 0 Å². The van der Waals surface area contributed by atoms with Gasteiger partial charge in [0.2, 0.25) is 0 Å². The molecule has 2 aromatic rings. The van der Waals surface area contributed by atoms with Crippen LogP contribution in [-0.2, 0) is 18.6 Å². The van der Waals surface area contributed by atoms with Crippen molar-refractivity contribution in [3.63, 3.8) is 0 Å². The summed E-state index contributed by atoms with van der Waals surface area (Å²) in [7, 11) is 0. The lowest BCUT2D eigenvalue weighted by Gasteiger charge is -2.19. The zero-order chi connectivity index (χ0) is 15.5. The van der Waals surface area contributed by atoms with E-state index in [9.17, 15) is 14.4 Å². The predicted molar refractivity (Wildman–Crippen MR) is 82.2 cm³/mol. The van der Waals surface area contributed by atoms with Gasteiger partial charge in [0.05, 0.1) is 10.7 Å². The van der Waals surface area contributed by atoms with E-state index in [1.807, 2.05) is 6.07 Å². The molecule has 1 N–H and O–H groups in total. The van der Waals surface area contributed by atoms with Gasteiger partial charge in [-0.3, -0.25) is 9.78 Å². The Morgan fingerprint density at radius 3 is 2.86 bits per heavy atom. The summed E-state index contributed by atoms with van der Waals surface area (Å²) in [4.78, 5) is 18.8. The van der Waals surface area contributed by atoms with Crippen molar-refractivity contribution in [3.8, 4) is 6.07 Å². The van der Waals surface area contributed by atoms with Crippen molar-refractivity contribution in [2.45, 2.75) is 36.5 Å². The molecule has 0 spiro atoms. The molecular weight excluding hydrogens is 301 g/mol. The van der Waals surface area contributed by atoms with Crippen molar-refractivity contribution >= 4 is 11.8 Å². The van der Waals surface area contributed by atoms with Crippen LogP contribution in [0.15, 0.2) is 28.2 Å². The monoisotopic (exact) mass is 315 g/mol. The summed E-state index contributed by atoms with van der Waals surface area (Å²) >= 11 is 1.37. The highest BCUT2D eigenvalue weighted by Gasteiger charge is 2.20. The average molecular weight is 315 g/mol. The Balaban J connectivity index is 1.95. The second-order valence-corrected chi connectivity index (χ2v) is 6.14. The highest BCUT2D eigenvalue weighted by atomic mass is 32.2. The van der Waals surface area contributed by atoms with Gasteiger partial charge in [-0.05, 0) is 48.9 Å². The van der Waals surface area contributed by atoms with E-state index in [4.69, 9.17) is 0 Å². The summed E-state index contributed by atoms with van der Waals surface area (Å²) in [6.07, 6.45) is 5.18. The third kappa shape index (κ3) is 2.77. The molecule has 4 nitrogen and oxygen atoms in total. The number of aromatic amines is 1. The number of fused-ring (bicyclic) bond motifs is 1. The highest BCUT2D eigenvalue weighted by molar-refractivity contribution is 7.98. The lowest BCUT2D eigenvalue weighted by atomic mass is 9.90. The molecular formula is C16H14FN3OS. The van der Waals surface area contributed by atoms with E-state index in [-0.39, 0.29) is 16.9 Å². The molecule has 2 heterocycles. The van der Waals surface area contributed by atoms with Crippen molar-refractivity contribution < 1.29 is 4.39 Å². The summed E-state index contributed by atoms with van der Waals surface area (Å²) in [6, 6.07) is 4.93. The number of nitriles is 1. The van der Waals surface area contributed by atoms with E-state index in [0.717, 1.165) is 41.8 Å². The topological polar surface area (TPSA) is 69.5 Å². The Labute approximate surface area is 131 Å². The van der Waals surface area contributed by atoms with Gasteiger partial charge in [-0.15, -0.1) is 11.8 Å². The van der Waals surface area contributed by atoms with Crippen molar-refractivity contribution in [3.05, 3.63) is 56.9 Å². The molecule has 112 valence electrons. The van der Waals surface area contributed by atoms with Crippen LogP contribution in [0.1, 0.15) is 35.2 Å². The number of hydrogen-bond donors (Lipinski definition) is 1. The fourth-order valence-electron chi connectivity index (χ4n) is 2.72. The summed E-state index contributed by atoms with van der Waals surface area (Å²) < 4.78 is 13.6. The van der Waals surface area contributed by atoms with E-state index in [1.165, 1.54) is 17.8 Å². The number of H-pyrrole nitrogens is 1. The maximum absolute atomic E-state index is 13.6. The van der Waals surface area contributed by atoms with Gasteiger partial charge in [0.1, 0.15) is 17.4 Å². The summed E-state index contributed by atoms with van der Waals surface area (Å²) in [5.41, 5.74) is 2.13. The summed E-state index contributed by atoms with van der Waals surface area (Å²) in [5, 5.41) is 9.91. The van der Waals surface area contributed by atoms with Crippen molar-refractivity contribution in [2.75, 3.05) is 0 Å². The van der Waals surface area contributed by atoms with Crippen LogP contribution in [0.25, 0.3) is 0 Å². The van der Waals surface area contributed by atoms with E-state index >= 15 is 0 Å². The zero-order valence-electron chi connectivity index (χ0n) is 11.9. The molecule has 0 unspecified atom stereocenters. The number of aromatic nitrogens is 2. The molecule has 3 rings (SSSR count). The van der Waals surface area contributed by atoms with Gasteiger partial charge in [-0.25, -0.2) is 4.39 Å². The molecule has 0 amide bonds. The van der Waals surface area contributed by atoms with Crippen LogP contribution in [0.2, 0.25) is 0 Å². The fraction of sp³-hybridized carbons (Fsp3) is 0.312. The molecule has 0 aromatic carbocycles. The number of rotatable bonds is 3. The van der Waals surface area contributed by atoms with Gasteiger partial charge in [-0.2, -0.15) is 5.26 Å². The predicted octanol–water partition coefficient (Wildman–Crippen LogP) is 2.95. The van der Waals surface area contributed by atoms with Crippen molar-refractivity contribution in [2.24, 2.45) is 0 Å². The number of nitrogens with zero attached hydrogens (tertiary/aromatic N) is 2. The molecule has 0 bridgehead atoms. The number of thioether (sulfide) groups is 1. The second kappa shape index (κ2) is 6.32. The van der Waals surface area contributed by atoms with Gasteiger partial charge in [0, 0.05) is 11.9 Å². The van der Waals surface area contributed by atoms with Crippen molar-refractivity contribution in [1.29, 1.82) is 5.26 Å². The van der Waals surface area contributed by atoms with E-state index in [0.29, 0.717) is 11.4 Å². The molecule has 0 aliphatic heterocycles. The van der Waals surface area contributed by atoms with Gasteiger partial charge in [-0.1, -0.05) is 0 Å². The molecule has 0 atom stereocenters. The molecule has 0 fully saturated rings. The third-order valence-corrected chi connectivity index (χ3v) is 4.85. The molecule has 1 aliphatic carbocycles. The number of halogens is 1. The van der Waals surface area contributed by atoms with Crippen LogP contribution in [0.3, 0.4) is 0 Å². The number of nitrogens with one attached hydrogen (secondary N) is 1. The first-order chi connectivity index (χ1) is 10.7. The van der Waals surface area contributed by atoms with E-state index in [1.54, 1.807) is 12.3 Å². The normalized spacial score (nSPS) is 13.5.